The standard InChI is InChI=1S/C28H30ClN5/c1-4-23-19(3)26-27-24(25(23)20-7-9-21(29)10-8-20)15-18(2)33(27)13-14-34(26)28-30-16-22(17-31-28)32-11-5-6-12-32/h7-10,15-17H,4-6,11-14H2,1-3H3. The number of halogens is 1. The van der Waals surface area contributed by atoms with Gasteiger partial charge in [-0.15, -0.1) is 0 Å². The van der Waals surface area contributed by atoms with E-state index in [1.807, 2.05) is 24.5 Å². The fourth-order valence-electron chi connectivity index (χ4n) is 5.90. The van der Waals surface area contributed by atoms with Crippen molar-refractivity contribution < 1.29 is 0 Å². The normalized spacial score (nSPS) is 15.5. The van der Waals surface area contributed by atoms with Crippen LogP contribution in [-0.2, 0) is 13.0 Å². The Morgan fingerprint density at radius 2 is 1.65 bits per heavy atom. The second-order valence-corrected chi connectivity index (χ2v) is 9.91. The molecule has 4 aromatic rings. The van der Waals surface area contributed by atoms with Crippen molar-refractivity contribution in [1.82, 2.24) is 14.5 Å². The highest BCUT2D eigenvalue weighted by Crippen LogP contribution is 2.46. The molecule has 1 saturated heterocycles. The van der Waals surface area contributed by atoms with E-state index in [4.69, 9.17) is 21.6 Å². The van der Waals surface area contributed by atoms with Crippen LogP contribution < -0.4 is 9.80 Å². The predicted octanol–water partition coefficient (Wildman–Crippen LogP) is 6.68. The van der Waals surface area contributed by atoms with Crippen LogP contribution in [0.5, 0.6) is 0 Å². The Hall–Kier alpha value is -3.05. The molecule has 2 aliphatic rings. The maximum atomic E-state index is 6.22. The Bertz CT molecular complexity index is 1370. The predicted molar refractivity (Wildman–Crippen MR) is 142 cm³/mol. The number of benzene rings is 2. The molecule has 0 saturated carbocycles. The summed E-state index contributed by atoms with van der Waals surface area (Å²) in [6, 6.07) is 10.6. The molecular formula is C28H30ClN5. The van der Waals surface area contributed by atoms with Gasteiger partial charge in [0.05, 0.1) is 29.3 Å². The van der Waals surface area contributed by atoms with E-state index >= 15 is 0 Å². The van der Waals surface area contributed by atoms with E-state index in [0.717, 1.165) is 49.3 Å². The van der Waals surface area contributed by atoms with E-state index < -0.39 is 0 Å². The number of anilines is 3. The lowest BCUT2D eigenvalue weighted by molar-refractivity contribution is 0.673. The van der Waals surface area contributed by atoms with E-state index in [0.29, 0.717) is 0 Å². The number of hydrogen-bond donors (Lipinski definition) is 0. The maximum Gasteiger partial charge on any atom is 0.230 e. The van der Waals surface area contributed by atoms with Crippen LogP contribution in [-0.4, -0.2) is 34.2 Å². The molecule has 34 heavy (non-hydrogen) atoms. The van der Waals surface area contributed by atoms with Crippen molar-refractivity contribution in [2.45, 2.75) is 46.6 Å². The minimum atomic E-state index is 0.766. The summed E-state index contributed by atoms with van der Waals surface area (Å²) in [6.07, 6.45) is 7.46. The molecule has 0 aliphatic carbocycles. The summed E-state index contributed by atoms with van der Waals surface area (Å²) in [6.45, 7) is 10.7. The van der Waals surface area contributed by atoms with Crippen LogP contribution in [0.3, 0.4) is 0 Å². The fourth-order valence-corrected chi connectivity index (χ4v) is 6.03. The number of aromatic nitrogens is 3. The molecule has 2 aromatic carbocycles. The van der Waals surface area contributed by atoms with E-state index in [2.05, 4.69) is 53.3 Å². The minimum Gasteiger partial charge on any atom is -0.369 e. The number of rotatable bonds is 4. The summed E-state index contributed by atoms with van der Waals surface area (Å²) in [5.74, 6) is 0.791. The number of nitrogens with zero attached hydrogens (tertiary/aromatic N) is 5. The zero-order valence-electron chi connectivity index (χ0n) is 20.1. The van der Waals surface area contributed by atoms with E-state index in [-0.39, 0.29) is 0 Å². The molecule has 6 heteroatoms. The molecule has 4 heterocycles. The summed E-state index contributed by atoms with van der Waals surface area (Å²) in [5, 5.41) is 2.07. The Balaban J connectivity index is 1.54. The molecule has 5 nitrogen and oxygen atoms in total. The zero-order valence-corrected chi connectivity index (χ0v) is 20.9. The van der Waals surface area contributed by atoms with Gasteiger partial charge in [-0.3, -0.25) is 0 Å². The largest absolute Gasteiger partial charge is 0.369 e. The van der Waals surface area contributed by atoms with Crippen molar-refractivity contribution in [3.05, 3.63) is 64.6 Å². The lowest BCUT2D eigenvalue weighted by Crippen LogP contribution is -2.30. The third-order valence-corrected chi connectivity index (χ3v) is 7.80. The maximum absolute atomic E-state index is 6.22. The third-order valence-electron chi connectivity index (χ3n) is 7.55. The van der Waals surface area contributed by atoms with Crippen molar-refractivity contribution >= 4 is 39.8 Å². The summed E-state index contributed by atoms with van der Waals surface area (Å²) in [4.78, 5) is 14.4. The van der Waals surface area contributed by atoms with Gasteiger partial charge >= 0.3 is 0 Å². The Morgan fingerprint density at radius 1 is 0.941 bits per heavy atom. The fraction of sp³-hybridized carbons (Fsp3) is 0.357. The molecular weight excluding hydrogens is 442 g/mol. The van der Waals surface area contributed by atoms with Crippen molar-refractivity contribution in [3.8, 4) is 11.1 Å². The van der Waals surface area contributed by atoms with Crippen molar-refractivity contribution in [3.63, 3.8) is 0 Å². The second kappa shape index (κ2) is 8.31. The molecule has 2 aliphatic heterocycles. The first-order chi connectivity index (χ1) is 16.6. The highest BCUT2D eigenvalue weighted by Gasteiger charge is 2.29. The average molecular weight is 472 g/mol. The van der Waals surface area contributed by atoms with E-state index in [1.165, 1.54) is 57.4 Å². The van der Waals surface area contributed by atoms with Gasteiger partial charge in [0.1, 0.15) is 0 Å². The Kier molecular flexibility index (Phi) is 5.25. The topological polar surface area (TPSA) is 37.2 Å². The highest BCUT2D eigenvalue weighted by atomic mass is 35.5. The van der Waals surface area contributed by atoms with Crippen molar-refractivity contribution in [2.24, 2.45) is 0 Å². The molecule has 0 bridgehead atoms. The van der Waals surface area contributed by atoms with Crippen molar-refractivity contribution in [2.75, 3.05) is 29.4 Å². The summed E-state index contributed by atoms with van der Waals surface area (Å²) in [5.41, 5.74) is 10.2. The van der Waals surface area contributed by atoms with Gasteiger partial charge in [0.15, 0.2) is 0 Å². The molecule has 6 rings (SSSR count). The van der Waals surface area contributed by atoms with Gasteiger partial charge in [0.25, 0.3) is 0 Å². The molecule has 2 aromatic heterocycles. The van der Waals surface area contributed by atoms with Gasteiger partial charge < -0.3 is 14.4 Å². The lowest BCUT2D eigenvalue weighted by Gasteiger charge is -2.33. The molecule has 0 amide bonds. The van der Waals surface area contributed by atoms with Crippen LogP contribution in [0.2, 0.25) is 5.02 Å². The van der Waals surface area contributed by atoms with Crippen LogP contribution in [0.1, 0.15) is 36.6 Å². The first kappa shape index (κ1) is 21.5. The van der Waals surface area contributed by atoms with Crippen molar-refractivity contribution in [1.29, 1.82) is 0 Å². The van der Waals surface area contributed by atoms with Crippen LogP contribution in [0.4, 0.5) is 17.3 Å². The average Bonchev–Trinajstić information content (AvgIpc) is 3.51. The number of hydrogen-bond acceptors (Lipinski definition) is 4. The molecule has 0 atom stereocenters. The van der Waals surface area contributed by atoms with Crippen LogP contribution in [0.25, 0.3) is 22.0 Å². The summed E-state index contributed by atoms with van der Waals surface area (Å²) < 4.78 is 2.46. The Labute approximate surface area is 206 Å². The van der Waals surface area contributed by atoms with Gasteiger partial charge in [-0.25, -0.2) is 9.97 Å². The van der Waals surface area contributed by atoms with Gasteiger partial charge in [-0.05, 0) is 73.6 Å². The van der Waals surface area contributed by atoms with E-state index in [9.17, 15) is 0 Å². The third kappa shape index (κ3) is 3.29. The van der Waals surface area contributed by atoms with Gasteiger partial charge in [-0.2, -0.15) is 0 Å². The van der Waals surface area contributed by atoms with Crippen LogP contribution in [0, 0.1) is 13.8 Å². The monoisotopic (exact) mass is 471 g/mol. The zero-order chi connectivity index (χ0) is 23.4. The molecule has 0 N–H and O–H groups in total. The van der Waals surface area contributed by atoms with Gasteiger partial charge in [0, 0.05) is 42.3 Å². The van der Waals surface area contributed by atoms with Crippen LogP contribution in [0.15, 0.2) is 42.7 Å². The molecule has 0 unspecified atom stereocenters. The molecule has 174 valence electrons. The summed E-state index contributed by atoms with van der Waals surface area (Å²) in [7, 11) is 0. The highest BCUT2D eigenvalue weighted by molar-refractivity contribution is 6.30. The van der Waals surface area contributed by atoms with Gasteiger partial charge in [0.2, 0.25) is 5.95 Å². The second-order valence-electron chi connectivity index (χ2n) is 9.47. The lowest BCUT2D eigenvalue weighted by atomic mass is 9.89. The first-order valence-corrected chi connectivity index (χ1v) is 12.7. The van der Waals surface area contributed by atoms with Gasteiger partial charge in [-0.1, -0.05) is 30.7 Å². The Morgan fingerprint density at radius 3 is 2.32 bits per heavy atom. The molecule has 0 spiro atoms. The molecule has 1 fully saturated rings. The summed E-state index contributed by atoms with van der Waals surface area (Å²) >= 11 is 6.22. The first-order valence-electron chi connectivity index (χ1n) is 12.3. The van der Waals surface area contributed by atoms with E-state index in [1.54, 1.807) is 0 Å². The smallest absolute Gasteiger partial charge is 0.230 e. The SMILES string of the molecule is CCc1c(C)c2c3c(cc(C)n3CCN2c2ncc(N3CCCC3)cn2)c1-c1ccc(Cl)cc1. The number of aryl methyl sites for hydroxylation is 1. The van der Waals surface area contributed by atoms with Crippen LogP contribution >= 0.6 is 11.6 Å². The quantitative estimate of drug-likeness (QED) is 0.332. The molecule has 0 radical (unpaired) electrons. The minimum absolute atomic E-state index is 0.766.